The van der Waals surface area contributed by atoms with E-state index >= 15 is 4.39 Å². The van der Waals surface area contributed by atoms with Crippen LogP contribution in [0.3, 0.4) is 0 Å². The van der Waals surface area contributed by atoms with Crippen LogP contribution in [0, 0.1) is 5.82 Å². The van der Waals surface area contributed by atoms with Gasteiger partial charge in [0.2, 0.25) is 0 Å². The number of rotatable bonds is 7. The number of imidazole rings is 1. The van der Waals surface area contributed by atoms with Crippen molar-refractivity contribution in [2.75, 3.05) is 25.0 Å². The van der Waals surface area contributed by atoms with Gasteiger partial charge in [-0.15, -0.1) is 0 Å². The van der Waals surface area contributed by atoms with Gasteiger partial charge in [-0.1, -0.05) is 0 Å². The topological polar surface area (TPSA) is 115 Å². The summed E-state index contributed by atoms with van der Waals surface area (Å²) in [6, 6.07) is 1.73. The second-order valence-corrected chi connectivity index (χ2v) is 9.86. The summed E-state index contributed by atoms with van der Waals surface area (Å²) in [6.45, 7) is 5.64. The predicted octanol–water partition coefficient (Wildman–Crippen LogP) is 4.94. The summed E-state index contributed by atoms with van der Waals surface area (Å²) in [6.07, 6.45) is 9.54. The maximum atomic E-state index is 16.1. The molecule has 1 fully saturated rings. The number of nitrogens with one attached hydrogen (secondary N) is 2. The van der Waals surface area contributed by atoms with E-state index < -0.39 is 11.7 Å². The molecule has 0 saturated carbocycles. The molecule has 6 rings (SSSR count). The smallest absolute Gasteiger partial charge is 0.261 e. The van der Waals surface area contributed by atoms with Crippen LogP contribution in [-0.2, 0) is 6.54 Å². The van der Waals surface area contributed by atoms with Gasteiger partial charge in [-0.05, 0) is 25.3 Å². The quantitative estimate of drug-likeness (QED) is 0.278. The summed E-state index contributed by atoms with van der Waals surface area (Å²) in [5.74, 6) is -2.94. The Morgan fingerprint density at radius 3 is 2.77 bits per heavy atom. The Kier molecular flexibility index (Phi) is 6.29. The zero-order chi connectivity index (χ0) is 28.0. The van der Waals surface area contributed by atoms with Gasteiger partial charge in [-0.3, -0.25) is 29.9 Å². The molecule has 204 valence electrons. The number of fused-ring (bicyclic) bond motifs is 2. The molecule has 1 aliphatic rings. The molecule has 5 aromatic rings. The van der Waals surface area contributed by atoms with Crippen molar-refractivity contribution in [3.8, 4) is 22.8 Å². The summed E-state index contributed by atoms with van der Waals surface area (Å²) in [7, 11) is 1.85. The first-order chi connectivity index (χ1) is 19.2. The minimum atomic E-state index is -2.69. The normalized spacial score (nSPS) is 15.8. The third-order valence-corrected chi connectivity index (χ3v) is 6.88. The molecule has 0 unspecified atom stereocenters. The lowest BCUT2D eigenvalue weighted by Crippen LogP contribution is -2.24. The third kappa shape index (κ3) is 4.68. The predicted molar refractivity (Wildman–Crippen MR) is 147 cm³/mol. The Morgan fingerprint density at radius 2 is 2.00 bits per heavy atom. The minimum absolute atomic E-state index is 0.0759. The number of aliphatic imine (C=N–C) groups is 1. The second-order valence-electron chi connectivity index (χ2n) is 9.86. The van der Waals surface area contributed by atoms with Crippen LogP contribution < -0.4 is 4.90 Å². The fourth-order valence-electron chi connectivity index (χ4n) is 4.93. The van der Waals surface area contributed by atoms with E-state index in [0.717, 1.165) is 0 Å². The molecule has 0 spiro atoms. The summed E-state index contributed by atoms with van der Waals surface area (Å²) in [4.78, 5) is 28.1. The summed E-state index contributed by atoms with van der Waals surface area (Å²) in [5.41, 5.74) is 4.58. The maximum Gasteiger partial charge on any atom is 0.261 e. The van der Waals surface area contributed by atoms with Crippen molar-refractivity contribution in [1.82, 2.24) is 40.0 Å². The van der Waals surface area contributed by atoms with E-state index in [1.165, 1.54) is 12.4 Å². The number of H-pyrrole nitrogens is 2. The zero-order valence-corrected chi connectivity index (χ0v) is 21.8. The number of hydrogen-bond donors (Lipinski definition) is 2. The molecule has 6 heterocycles. The third-order valence-electron chi connectivity index (χ3n) is 6.88. The number of nitrogens with zero attached hydrogens (tertiary/aromatic N) is 8. The van der Waals surface area contributed by atoms with Gasteiger partial charge in [-0.25, -0.2) is 18.2 Å². The average Bonchev–Trinajstić information content (AvgIpc) is 3.65. The molecule has 0 atom stereocenters. The van der Waals surface area contributed by atoms with E-state index in [4.69, 9.17) is 4.98 Å². The van der Waals surface area contributed by atoms with E-state index in [2.05, 4.69) is 41.8 Å². The largest absolute Gasteiger partial charge is 0.346 e. The Hall–Kier alpha value is -4.65. The molecule has 1 saturated heterocycles. The SMILES string of the molecule is C=N/C(C)=C\N(C)c1cncc2[nH]c(-c3n[nH]c4cnc(-c5cncc(CN6CCC(F)(F)C6)c5)c(F)c34)nc12. The van der Waals surface area contributed by atoms with Crippen LogP contribution in [0.25, 0.3) is 44.7 Å². The maximum absolute atomic E-state index is 16.1. The van der Waals surface area contributed by atoms with Crippen molar-refractivity contribution in [2.24, 2.45) is 4.99 Å². The molecule has 0 amide bonds. The van der Waals surface area contributed by atoms with Gasteiger partial charge in [0.05, 0.1) is 52.9 Å². The molecular weight excluding hydrogens is 521 g/mol. The van der Waals surface area contributed by atoms with Gasteiger partial charge in [0.1, 0.15) is 16.9 Å². The highest BCUT2D eigenvalue weighted by Gasteiger charge is 2.38. The van der Waals surface area contributed by atoms with Crippen molar-refractivity contribution in [3.63, 3.8) is 0 Å². The summed E-state index contributed by atoms with van der Waals surface area (Å²) >= 11 is 0. The molecular formula is C27H25F3N10. The lowest BCUT2D eigenvalue weighted by Gasteiger charge is -2.15. The monoisotopic (exact) mass is 546 g/mol. The number of halogens is 3. The van der Waals surface area contributed by atoms with Crippen LogP contribution in [0.5, 0.6) is 0 Å². The molecule has 1 aliphatic heterocycles. The number of likely N-dealkylation sites (tertiary alicyclic amines) is 1. The number of hydrogen-bond acceptors (Lipinski definition) is 8. The summed E-state index contributed by atoms with van der Waals surface area (Å²) < 4.78 is 43.3. The molecule has 0 bridgehead atoms. The fraction of sp³-hybridized carbons (Fsp3) is 0.259. The van der Waals surface area contributed by atoms with Crippen molar-refractivity contribution in [3.05, 3.63) is 60.3 Å². The molecule has 0 aromatic carbocycles. The highest BCUT2D eigenvalue weighted by Crippen LogP contribution is 2.34. The van der Waals surface area contributed by atoms with Crippen molar-refractivity contribution < 1.29 is 13.2 Å². The van der Waals surface area contributed by atoms with Gasteiger partial charge >= 0.3 is 0 Å². The van der Waals surface area contributed by atoms with Crippen LogP contribution >= 0.6 is 0 Å². The van der Waals surface area contributed by atoms with Crippen LogP contribution in [-0.4, -0.2) is 72.8 Å². The van der Waals surface area contributed by atoms with Gasteiger partial charge < -0.3 is 9.88 Å². The first-order valence-corrected chi connectivity index (χ1v) is 12.5. The Balaban J connectivity index is 1.38. The average molecular weight is 547 g/mol. The van der Waals surface area contributed by atoms with Gasteiger partial charge in [-0.2, -0.15) is 5.10 Å². The number of aromatic amines is 2. The molecule has 10 nitrogen and oxygen atoms in total. The molecule has 2 N–H and O–H groups in total. The van der Waals surface area contributed by atoms with Gasteiger partial charge in [0.25, 0.3) is 5.92 Å². The van der Waals surface area contributed by atoms with Crippen LogP contribution in [0.1, 0.15) is 18.9 Å². The number of anilines is 1. The van der Waals surface area contributed by atoms with Crippen LogP contribution in [0.4, 0.5) is 18.9 Å². The Labute approximate surface area is 226 Å². The minimum Gasteiger partial charge on any atom is -0.346 e. The Bertz CT molecular complexity index is 1770. The Morgan fingerprint density at radius 1 is 1.18 bits per heavy atom. The number of allylic oxidation sites excluding steroid dienone is 1. The van der Waals surface area contributed by atoms with E-state index in [1.54, 1.807) is 35.8 Å². The lowest BCUT2D eigenvalue weighted by molar-refractivity contribution is 0.0115. The second kappa shape index (κ2) is 9.83. The molecule has 13 heteroatoms. The number of aromatic nitrogens is 7. The van der Waals surface area contributed by atoms with E-state index in [0.29, 0.717) is 58.0 Å². The van der Waals surface area contributed by atoms with E-state index in [1.807, 2.05) is 18.9 Å². The molecule has 0 radical (unpaired) electrons. The van der Waals surface area contributed by atoms with Gasteiger partial charge in [0, 0.05) is 50.7 Å². The van der Waals surface area contributed by atoms with Crippen molar-refractivity contribution in [1.29, 1.82) is 0 Å². The highest BCUT2D eigenvalue weighted by atomic mass is 19.3. The number of pyridine rings is 3. The highest BCUT2D eigenvalue weighted by molar-refractivity contribution is 5.97. The van der Waals surface area contributed by atoms with E-state index in [9.17, 15) is 8.78 Å². The number of alkyl halides is 2. The van der Waals surface area contributed by atoms with Crippen LogP contribution in [0.2, 0.25) is 0 Å². The molecule has 0 aliphatic carbocycles. The summed E-state index contributed by atoms with van der Waals surface area (Å²) in [5, 5.41) is 7.37. The van der Waals surface area contributed by atoms with Crippen molar-refractivity contribution >= 4 is 34.3 Å². The van der Waals surface area contributed by atoms with Crippen molar-refractivity contribution in [2.45, 2.75) is 25.8 Å². The first kappa shape index (κ1) is 25.6. The fourth-order valence-corrected chi connectivity index (χ4v) is 4.93. The molecule has 40 heavy (non-hydrogen) atoms. The first-order valence-electron chi connectivity index (χ1n) is 12.5. The van der Waals surface area contributed by atoms with Gasteiger partial charge in [0.15, 0.2) is 11.6 Å². The zero-order valence-electron chi connectivity index (χ0n) is 21.8. The lowest BCUT2D eigenvalue weighted by atomic mass is 10.1. The van der Waals surface area contributed by atoms with E-state index in [-0.39, 0.29) is 29.7 Å². The standard InChI is InChI=1S/C27H25F3N10/c1-15(31-2)12-39(3)20-11-33-9-19-24(20)36-26(35-19)25-21-18(37-38-25)10-34-23(22(21)28)17-6-16(7-32-8-17)13-40-5-4-27(29,30)14-40/h6-12H,2,4-5,13-14H2,1,3H3,(H,35,36)(H,37,38)/b15-12-. The molecule has 5 aromatic heterocycles. The van der Waals surface area contributed by atoms with Crippen LogP contribution in [0.15, 0.2) is 53.9 Å².